The minimum absolute atomic E-state index is 0.0412. The third-order valence-corrected chi connectivity index (χ3v) is 1.83. The van der Waals surface area contributed by atoms with Gasteiger partial charge >= 0.3 is 0 Å². The van der Waals surface area contributed by atoms with Crippen LogP contribution in [-0.2, 0) is 11.8 Å². The van der Waals surface area contributed by atoms with E-state index in [-0.39, 0.29) is 5.91 Å². The largest absolute Gasteiger partial charge is 0.356 e. The van der Waals surface area contributed by atoms with Crippen LogP contribution in [0.4, 0.5) is 5.95 Å². The van der Waals surface area contributed by atoms with Gasteiger partial charge in [0.1, 0.15) is 0 Å². The molecule has 0 fully saturated rings. The Morgan fingerprint density at radius 3 is 2.87 bits per heavy atom. The van der Waals surface area contributed by atoms with E-state index in [0.29, 0.717) is 18.9 Å². The zero-order chi connectivity index (χ0) is 11.1. The van der Waals surface area contributed by atoms with Crippen LogP contribution in [0.1, 0.15) is 19.8 Å². The highest BCUT2D eigenvalue weighted by atomic mass is 16.1. The Morgan fingerprint density at radius 2 is 2.27 bits per heavy atom. The first-order valence-corrected chi connectivity index (χ1v) is 4.97. The summed E-state index contributed by atoms with van der Waals surface area (Å²) in [6, 6.07) is 0. The molecule has 0 unspecified atom stereocenters. The van der Waals surface area contributed by atoms with Crippen LogP contribution in [0, 0.1) is 0 Å². The highest BCUT2D eigenvalue weighted by Crippen LogP contribution is 1.95. The zero-order valence-corrected chi connectivity index (χ0v) is 9.03. The lowest BCUT2D eigenvalue weighted by Crippen LogP contribution is -2.26. The van der Waals surface area contributed by atoms with Crippen molar-refractivity contribution in [1.82, 2.24) is 25.5 Å². The maximum Gasteiger partial charge on any atom is 0.242 e. The number of nitrogens with zero attached hydrogens (tertiary/aromatic N) is 4. The van der Waals surface area contributed by atoms with Crippen LogP contribution in [-0.4, -0.2) is 39.2 Å². The maximum absolute atomic E-state index is 11.2. The molecule has 0 aliphatic rings. The molecular weight excluding hydrogens is 196 g/mol. The summed E-state index contributed by atoms with van der Waals surface area (Å²) in [5.41, 5.74) is 0. The molecule has 0 aliphatic heterocycles. The molecular formula is C8H16N6O. The molecule has 1 amide bonds. The summed E-state index contributed by atoms with van der Waals surface area (Å²) in [6.45, 7) is 3.28. The number of rotatable bonds is 6. The SMILES string of the molecule is CCCNC(=O)CCNc1nnnn1C. The summed E-state index contributed by atoms with van der Waals surface area (Å²) in [6.07, 6.45) is 1.37. The van der Waals surface area contributed by atoms with Crippen LogP contribution in [0.25, 0.3) is 0 Å². The Balaban J connectivity index is 2.16. The van der Waals surface area contributed by atoms with Crippen molar-refractivity contribution in [1.29, 1.82) is 0 Å². The number of hydrogen-bond donors (Lipinski definition) is 2. The summed E-state index contributed by atoms with van der Waals surface area (Å²) in [5.74, 6) is 0.609. The number of amides is 1. The van der Waals surface area contributed by atoms with Crippen molar-refractivity contribution in [3.05, 3.63) is 0 Å². The fourth-order valence-corrected chi connectivity index (χ4v) is 1.02. The molecule has 2 N–H and O–H groups in total. The van der Waals surface area contributed by atoms with Gasteiger partial charge in [-0.3, -0.25) is 4.79 Å². The van der Waals surface area contributed by atoms with Gasteiger partial charge in [-0.05, 0) is 16.8 Å². The third kappa shape index (κ3) is 3.92. The molecule has 1 aromatic heterocycles. The number of aryl methyl sites for hydroxylation is 1. The standard InChI is InChI=1S/C8H16N6O/c1-3-5-9-7(15)4-6-10-8-11-12-13-14(8)2/h3-6H2,1-2H3,(H,9,15)(H,10,11,13). The molecule has 0 bridgehead atoms. The average molecular weight is 212 g/mol. The zero-order valence-electron chi connectivity index (χ0n) is 9.03. The minimum Gasteiger partial charge on any atom is -0.356 e. The average Bonchev–Trinajstić information content (AvgIpc) is 2.61. The fourth-order valence-electron chi connectivity index (χ4n) is 1.02. The first-order chi connectivity index (χ1) is 7.24. The molecule has 0 radical (unpaired) electrons. The Morgan fingerprint density at radius 1 is 1.47 bits per heavy atom. The first-order valence-electron chi connectivity index (χ1n) is 4.97. The van der Waals surface area contributed by atoms with Crippen LogP contribution in [0.5, 0.6) is 0 Å². The van der Waals surface area contributed by atoms with Gasteiger partial charge < -0.3 is 10.6 Å². The van der Waals surface area contributed by atoms with E-state index in [1.807, 2.05) is 6.92 Å². The minimum atomic E-state index is 0.0412. The molecule has 15 heavy (non-hydrogen) atoms. The van der Waals surface area contributed by atoms with Crippen molar-refractivity contribution in [3.63, 3.8) is 0 Å². The number of tetrazole rings is 1. The van der Waals surface area contributed by atoms with Gasteiger partial charge in [-0.15, -0.1) is 0 Å². The predicted octanol–water partition coefficient (Wildman–Crippen LogP) is -0.462. The van der Waals surface area contributed by atoms with Gasteiger partial charge in [0.25, 0.3) is 0 Å². The number of nitrogens with one attached hydrogen (secondary N) is 2. The van der Waals surface area contributed by atoms with E-state index in [0.717, 1.165) is 13.0 Å². The molecule has 0 saturated heterocycles. The van der Waals surface area contributed by atoms with Crippen molar-refractivity contribution in [3.8, 4) is 0 Å². The van der Waals surface area contributed by atoms with E-state index < -0.39 is 0 Å². The number of hydrogen-bond acceptors (Lipinski definition) is 5. The molecule has 0 atom stereocenters. The fraction of sp³-hybridized carbons (Fsp3) is 0.750. The molecule has 1 aromatic rings. The van der Waals surface area contributed by atoms with E-state index in [9.17, 15) is 4.79 Å². The van der Waals surface area contributed by atoms with Gasteiger partial charge in [-0.1, -0.05) is 12.0 Å². The van der Waals surface area contributed by atoms with Crippen LogP contribution >= 0.6 is 0 Å². The molecule has 0 saturated carbocycles. The molecule has 0 aromatic carbocycles. The molecule has 0 spiro atoms. The molecule has 1 rings (SSSR count). The van der Waals surface area contributed by atoms with Crippen molar-refractivity contribution < 1.29 is 4.79 Å². The Kier molecular flexibility index (Phi) is 4.52. The van der Waals surface area contributed by atoms with Gasteiger partial charge in [0.2, 0.25) is 11.9 Å². The second-order valence-corrected chi connectivity index (χ2v) is 3.15. The number of carbonyl (C=O) groups is 1. The van der Waals surface area contributed by atoms with Gasteiger partial charge in [0.05, 0.1) is 0 Å². The second kappa shape index (κ2) is 5.94. The van der Waals surface area contributed by atoms with Crippen molar-refractivity contribution in [2.75, 3.05) is 18.4 Å². The second-order valence-electron chi connectivity index (χ2n) is 3.15. The monoisotopic (exact) mass is 212 g/mol. The van der Waals surface area contributed by atoms with E-state index in [1.54, 1.807) is 7.05 Å². The Labute approximate surface area is 88.2 Å². The number of carbonyl (C=O) groups excluding carboxylic acids is 1. The Hall–Kier alpha value is -1.66. The van der Waals surface area contributed by atoms with Crippen LogP contribution < -0.4 is 10.6 Å². The lowest BCUT2D eigenvalue weighted by molar-refractivity contribution is -0.120. The summed E-state index contributed by atoms with van der Waals surface area (Å²) in [7, 11) is 1.74. The molecule has 7 heteroatoms. The lowest BCUT2D eigenvalue weighted by atomic mass is 10.4. The molecule has 84 valence electrons. The van der Waals surface area contributed by atoms with Crippen molar-refractivity contribution in [2.45, 2.75) is 19.8 Å². The molecule has 0 aliphatic carbocycles. The summed E-state index contributed by atoms with van der Waals surface area (Å²) in [4.78, 5) is 11.2. The van der Waals surface area contributed by atoms with Crippen LogP contribution in [0.15, 0.2) is 0 Å². The smallest absolute Gasteiger partial charge is 0.242 e. The van der Waals surface area contributed by atoms with E-state index in [4.69, 9.17) is 0 Å². The van der Waals surface area contributed by atoms with Crippen LogP contribution in [0.3, 0.4) is 0 Å². The number of anilines is 1. The van der Waals surface area contributed by atoms with E-state index in [1.165, 1.54) is 4.68 Å². The van der Waals surface area contributed by atoms with Crippen molar-refractivity contribution >= 4 is 11.9 Å². The van der Waals surface area contributed by atoms with Gasteiger partial charge in [0, 0.05) is 26.6 Å². The maximum atomic E-state index is 11.2. The lowest BCUT2D eigenvalue weighted by Gasteiger charge is -2.04. The summed E-state index contributed by atoms with van der Waals surface area (Å²) in [5, 5.41) is 16.6. The molecule has 7 nitrogen and oxygen atoms in total. The van der Waals surface area contributed by atoms with Crippen molar-refractivity contribution in [2.24, 2.45) is 7.05 Å². The normalized spacial score (nSPS) is 10.0. The highest BCUT2D eigenvalue weighted by molar-refractivity contribution is 5.76. The topological polar surface area (TPSA) is 84.7 Å². The predicted molar refractivity (Wildman–Crippen MR) is 55.2 cm³/mol. The Bertz CT molecular complexity index is 310. The third-order valence-electron chi connectivity index (χ3n) is 1.83. The highest BCUT2D eigenvalue weighted by Gasteiger charge is 2.02. The van der Waals surface area contributed by atoms with Gasteiger partial charge in [0.15, 0.2) is 0 Å². The number of aromatic nitrogens is 4. The first kappa shape index (κ1) is 11.4. The summed E-state index contributed by atoms with van der Waals surface area (Å²) >= 11 is 0. The van der Waals surface area contributed by atoms with Crippen LogP contribution in [0.2, 0.25) is 0 Å². The molecule has 1 heterocycles. The van der Waals surface area contributed by atoms with E-state index in [2.05, 4.69) is 26.2 Å². The van der Waals surface area contributed by atoms with Gasteiger partial charge in [-0.2, -0.15) is 0 Å². The quantitative estimate of drug-likeness (QED) is 0.666. The summed E-state index contributed by atoms with van der Waals surface area (Å²) < 4.78 is 1.52. The van der Waals surface area contributed by atoms with E-state index >= 15 is 0 Å². The van der Waals surface area contributed by atoms with Gasteiger partial charge in [-0.25, -0.2) is 4.68 Å².